The average molecular weight is 1120 g/mol. The minimum Gasteiger partial charge on any atom is -0.351 e. The lowest BCUT2D eigenvalue weighted by atomic mass is 9.93. The standard InChI is InChI=1S/C63H81Cl3N6O6/c1-40(2)37-70(55(43-22-28-49(64)29-23-43)58(73)67-52-16-10-7-11-17-52)61(76)46-34-47(62(77)71(38-41(3)4)56(44-24-30-50(65)31-25-44)59(74)68-53-18-12-8-13-19-53)36-48(35-46)63(78)72(39-42(5)6)57(45-26-32-51(66)33-27-45)60(75)69-54-20-14-9-15-21-54/h22-36,40-42,52-57H,7-21,37-39H2,1-6H3,(H,67,73)(H,68,74)(H,69,75)/t55-,56-,57-/m0/s1. The fourth-order valence-electron chi connectivity index (χ4n) is 11.5. The molecule has 6 amide bonds. The molecular weight excluding hydrogens is 1040 g/mol. The van der Waals surface area contributed by atoms with Crippen LogP contribution in [0.15, 0.2) is 91.0 Å². The predicted octanol–water partition coefficient (Wildman–Crippen LogP) is 13.5. The molecule has 0 aliphatic heterocycles. The Kier molecular flexibility index (Phi) is 22.1. The van der Waals surface area contributed by atoms with Crippen molar-refractivity contribution in [3.63, 3.8) is 0 Å². The topological polar surface area (TPSA) is 148 Å². The molecule has 78 heavy (non-hydrogen) atoms. The van der Waals surface area contributed by atoms with Crippen LogP contribution in [0.5, 0.6) is 0 Å². The molecule has 3 fully saturated rings. The van der Waals surface area contributed by atoms with Crippen molar-refractivity contribution in [3.8, 4) is 0 Å². The molecule has 3 atom stereocenters. The first-order valence-electron chi connectivity index (χ1n) is 28.6. The predicted molar refractivity (Wildman–Crippen MR) is 312 cm³/mol. The van der Waals surface area contributed by atoms with E-state index in [1.165, 1.54) is 32.9 Å². The molecule has 3 aliphatic rings. The van der Waals surface area contributed by atoms with Gasteiger partial charge in [0.1, 0.15) is 18.1 Å². The van der Waals surface area contributed by atoms with Gasteiger partial charge < -0.3 is 30.7 Å². The lowest BCUT2D eigenvalue weighted by molar-refractivity contribution is -0.127. The zero-order chi connectivity index (χ0) is 56.0. The molecule has 4 aromatic rings. The van der Waals surface area contributed by atoms with E-state index in [4.69, 9.17) is 34.8 Å². The van der Waals surface area contributed by atoms with Gasteiger partial charge in [0, 0.05) is 69.5 Å². The van der Waals surface area contributed by atoms with E-state index in [1.54, 1.807) is 72.8 Å². The Hall–Kier alpha value is -5.43. The molecule has 12 nitrogen and oxygen atoms in total. The van der Waals surface area contributed by atoms with E-state index >= 15 is 14.4 Å². The van der Waals surface area contributed by atoms with Crippen LogP contribution in [-0.4, -0.2) is 87.9 Å². The minimum atomic E-state index is -1.12. The van der Waals surface area contributed by atoms with Crippen LogP contribution in [-0.2, 0) is 14.4 Å². The van der Waals surface area contributed by atoms with Crippen molar-refractivity contribution in [3.05, 3.63) is 139 Å². The highest BCUT2D eigenvalue weighted by molar-refractivity contribution is 6.31. The van der Waals surface area contributed by atoms with E-state index in [0.29, 0.717) is 31.8 Å². The van der Waals surface area contributed by atoms with Crippen LogP contribution in [0, 0.1) is 17.8 Å². The lowest BCUT2D eigenvalue weighted by Gasteiger charge is -2.36. The highest BCUT2D eigenvalue weighted by atomic mass is 35.5. The van der Waals surface area contributed by atoms with Crippen LogP contribution in [0.4, 0.5) is 0 Å². The Bertz CT molecular complexity index is 2360. The second-order valence-electron chi connectivity index (χ2n) is 23.2. The molecule has 0 radical (unpaired) electrons. The van der Waals surface area contributed by atoms with Gasteiger partial charge in [0.05, 0.1) is 0 Å². The fraction of sp³-hybridized carbons (Fsp3) is 0.524. The molecule has 0 bridgehead atoms. The van der Waals surface area contributed by atoms with Crippen molar-refractivity contribution < 1.29 is 28.8 Å². The van der Waals surface area contributed by atoms with Gasteiger partial charge in [0.2, 0.25) is 17.7 Å². The van der Waals surface area contributed by atoms with Gasteiger partial charge in [-0.3, -0.25) is 28.8 Å². The third kappa shape index (κ3) is 16.3. The molecule has 15 heteroatoms. The van der Waals surface area contributed by atoms with E-state index < -0.39 is 35.8 Å². The molecule has 0 aromatic heterocycles. The lowest BCUT2D eigenvalue weighted by Crippen LogP contribution is -2.49. The highest BCUT2D eigenvalue weighted by Crippen LogP contribution is 2.34. The van der Waals surface area contributed by atoms with Crippen LogP contribution in [0.2, 0.25) is 15.1 Å². The number of amides is 6. The maximum atomic E-state index is 16.0. The zero-order valence-corrected chi connectivity index (χ0v) is 48.8. The van der Waals surface area contributed by atoms with E-state index in [-0.39, 0.29) is 89.9 Å². The third-order valence-corrected chi connectivity index (χ3v) is 16.0. The summed E-state index contributed by atoms with van der Waals surface area (Å²) in [5.41, 5.74) is 1.57. The second-order valence-corrected chi connectivity index (χ2v) is 24.6. The number of hydrogen-bond donors (Lipinski definition) is 3. The molecule has 420 valence electrons. The van der Waals surface area contributed by atoms with E-state index in [1.807, 2.05) is 41.5 Å². The summed E-state index contributed by atoms with van der Waals surface area (Å²) in [6.07, 6.45) is 14.0. The fourth-order valence-corrected chi connectivity index (χ4v) is 11.9. The summed E-state index contributed by atoms with van der Waals surface area (Å²) in [4.78, 5) is 97.2. The Labute approximate surface area is 478 Å². The summed E-state index contributed by atoms with van der Waals surface area (Å²) in [6.45, 7) is 12.2. The number of benzene rings is 4. The van der Waals surface area contributed by atoms with E-state index in [0.717, 1.165) is 96.3 Å². The molecule has 3 aliphatic carbocycles. The largest absolute Gasteiger partial charge is 0.351 e. The molecule has 0 heterocycles. The van der Waals surface area contributed by atoms with Crippen LogP contribution >= 0.6 is 34.8 Å². The SMILES string of the molecule is CC(C)CN(C(=O)c1cc(C(=O)N(CC(C)C)[C@H](C(=O)NC2CCCCC2)c2ccc(Cl)cc2)cc(C(=O)N(CC(C)C)[C@H](C(=O)NC2CCCCC2)c2ccc(Cl)cc2)c1)[C@H](C(=O)NC1CCCCC1)c1ccc(Cl)cc1. The summed E-state index contributed by atoms with van der Waals surface area (Å²) in [6, 6.07) is 21.5. The summed E-state index contributed by atoms with van der Waals surface area (Å²) in [5, 5.41) is 11.2. The van der Waals surface area contributed by atoms with Crippen LogP contribution in [0.1, 0.15) is 204 Å². The number of carbonyl (C=O) groups excluding carboxylic acids is 6. The first kappa shape index (κ1) is 60.2. The van der Waals surface area contributed by atoms with Gasteiger partial charge in [0.25, 0.3) is 17.7 Å². The Morgan fingerprint density at radius 3 is 0.808 bits per heavy atom. The third-order valence-electron chi connectivity index (χ3n) is 15.2. The Morgan fingerprint density at radius 1 is 0.385 bits per heavy atom. The van der Waals surface area contributed by atoms with Crippen molar-refractivity contribution in [2.24, 2.45) is 17.8 Å². The summed E-state index contributed by atoms with van der Waals surface area (Å²) in [5.74, 6) is -3.23. The van der Waals surface area contributed by atoms with Crippen molar-refractivity contribution in [1.29, 1.82) is 0 Å². The molecule has 4 aromatic carbocycles. The van der Waals surface area contributed by atoms with E-state index in [9.17, 15) is 14.4 Å². The normalized spacial score (nSPS) is 16.8. The van der Waals surface area contributed by atoms with Crippen molar-refractivity contribution in [1.82, 2.24) is 30.7 Å². The monoisotopic (exact) mass is 1120 g/mol. The second kappa shape index (κ2) is 28.6. The van der Waals surface area contributed by atoms with Crippen molar-refractivity contribution in [2.75, 3.05) is 19.6 Å². The molecule has 0 spiro atoms. The number of rotatable bonds is 21. The van der Waals surface area contributed by atoms with Gasteiger partial charge in [-0.2, -0.15) is 0 Å². The van der Waals surface area contributed by atoms with Crippen LogP contribution in [0.25, 0.3) is 0 Å². The number of nitrogens with zero attached hydrogens (tertiary/aromatic N) is 3. The van der Waals surface area contributed by atoms with E-state index in [2.05, 4.69) is 16.0 Å². The highest BCUT2D eigenvalue weighted by Gasteiger charge is 2.39. The zero-order valence-electron chi connectivity index (χ0n) is 46.5. The smallest absolute Gasteiger partial charge is 0.254 e. The Morgan fingerprint density at radius 2 is 0.603 bits per heavy atom. The van der Waals surface area contributed by atoms with Gasteiger partial charge in [0.15, 0.2) is 0 Å². The van der Waals surface area contributed by atoms with Gasteiger partial charge in [-0.25, -0.2) is 0 Å². The number of halogens is 3. The maximum Gasteiger partial charge on any atom is 0.254 e. The van der Waals surface area contributed by atoms with Gasteiger partial charge >= 0.3 is 0 Å². The average Bonchev–Trinajstić information content (AvgIpc) is 3.43. The van der Waals surface area contributed by atoms with Gasteiger partial charge in [-0.1, -0.05) is 171 Å². The first-order chi connectivity index (χ1) is 37.4. The molecular formula is C63H81Cl3N6O6. The quantitative estimate of drug-likeness (QED) is 0.0757. The van der Waals surface area contributed by atoms with Gasteiger partial charge in [-0.05, 0) is 128 Å². The van der Waals surface area contributed by atoms with Crippen LogP contribution in [0.3, 0.4) is 0 Å². The molecule has 0 unspecified atom stereocenters. The minimum absolute atomic E-state index is 0.0207. The van der Waals surface area contributed by atoms with Crippen LogP contribution < -0.4 is 16.0 Å². The molecule has 7 rings (SSSR count). The van der Waals surface area contributed by atoms with Crippen molar-refractivity contribution >= 4 is 70.2 Å². The number of carbonyl (C=O) groups is 6. The maximum absolute atomic E-state index is 16.0. The van der Waals surface area contributed by atoms with Crippen molar-refractivity contribution in [2.45, 2.75) is 174 Å². The summed E-state index contributed by atoms with van der Waals surface area (Å²) >= 11 is 19.3. The first-order valence-corrected chi connectivity index (χ1v) is 29.8. The summed E-state index contributed by atoms with van der Waals surface area (Å²) < 4.78 is 0. The number of hydrogen-bond acceptors (Lipinski definition) is 6. The summed E-state index contributed by atoms with van der Waals surface area (Å²) in [7, 11) is 0. The Balaban J connectivity index is 1.42. The molecule has 3 N–H and O–H groups in total. The molecule has 3 saturated carbocycles. The molecule has 0 saturated heterocycles. The van der Waals surface area contributed by atoms with Gasteiger partial charge in [-0.15, -0.1) is 0 Å². The number of nitrogens with one attached hydrogen (secondary N) is 3.